The molecule has 12 heteroatoms. The molecule has 0 aromatic heterocycles. The zero-order valence-electron chi connectivity index (χ0n) is 20.2. The summed E-state index contributed by atoms with van der Waals surface area (Å²) in [5.41, 5.74) is 2.52. The van der Waals surface area contributed by atoms with Gasteiger partial charge in [-0.15, -0.1) is 0 Å². The predicted octanol–water partition coefficient (Wildman–Crippen LogP) is 3.49. The van der Waals surface area contributed by atoms with Crippen molar-refractivity contribution in [3.8, 4) is 0 Å². The first-order chi connectivity index (χ1) is 16.8. The van der Waals surface area contributed by atoms with Crippen molar-refractivity contribution in [3.05, 3.63) is 83.7 Å². The average molecular weight is 535 g/mol. The molecule has 0 saturated carbocycles. The van der Waals surface area contributed by atoms with E-state index in [1.165, 1.54) is 50.5 Å². The summed E-state index contributed by atoms with van der Waals surface area (Å²) in [6.07, 6.45) is 0. The fraction of sp³-hybridized carbons (Fsp3) is 0.208. The SMILES string of the molecule is Cc1ccc(C)c(NS(=O)(=O)c2ccc(NC(=O)CN(c3ccc(F)cc3)S(=O)(=O)N(C)C)cc2)c1. The Morgan fingerprint density at radius 3 is 2.08 bits per heavy atom. The van der Waals surface area contributed by atoms with Gasteiger partial charge in [0.1, 0.15) is 12.4 Å². The van der Waals surface area contributed by atoms with Crippen LogP contribution in [0.4, 0.5) is 21.5 Å². The van der Waals surface area contributed by atoms with E-state index in [4.69, 9.17) is 0 Å². The van der Waals surface area contributed by atoms with Crippen LogP contribution in [0.5, 0.6) is 0 Å². The average Bonchev–Trinajstić information content (AvgIpc) is 2.80. The summed E-state index contributed by atoms with van der Waals surface area (Å²) in [4.78, 5) is 12.7. The molecule has 0 radical (unpaired) electrons. The molecule has 36 heavy (non-hydrogen) atoms. The van der Waals surface area contributed by atoms with E-state index in [1.807, 2.05) is 19.1 Å². The highest BCUT2D eigenvalue weighted by Gasteiger charge is 2.27. The number of aryl methyl sites for hydroxylation is 2. The van der Waals surface area contributed by atoms with Crippen LogP contribution in [-0.2, 0) is 25.0 Å². The number of hydrogen-bond acceptors (Lipinski definition) is 5. The highest BCUT2D eigenvalue weighted by atomic mass is 32.2. The second kappa shape index (κ2) is 10.6. The van der Waals surface area contributed by atoms with Gasteiger partial charge in [-0.05, 0) is 79.6 Å². The topological polar surface area (TPSA) is 116 Å². The van der Waals surface area contributed by atoms with Crippen molar-refractivity contribution in [3.63, 3.8) is 0 Å². The highest BCUT2D eigenvalue weighted by Crippen LogP contribution is 2.23. The van der Waals surface area contributed by atoms with Crippen LogP contribution >= 0.6 is 0 Å². The first-order valence-electron chi connectivity index (χ1n) is 10.8. The van der Waals surface area contributed by atoms with Gasteiger partial charge in [0.2, 0.25) is 5.91 Å². The molecular formula is C24H27FN4O5S2. The molecule has 192 valence electrons. The van der Waals surface area contributed by atoms with E-state index in [9.17, 15) is 26.0 Å². The second-order valence-corrected chi connectivity index (χ2v) is 12.0. The van der Waals surface area contributed by atoms with E-state index in [-0.39, 0.29) is 16.3 Å². The van der Waals surface area contributed by atoms with Gasteiger partial charge in [-0.25, -0.2) is 17.1 Å². The molecule has 0 aliphatic carbocycles. The van der Waals surface area contributed by atoms with Crippen molar-refractivity contribution in [1.29, 1.82) is 0 Å². The Balaban J connectivity index is 1.76. The molecule has 0 saturated heterocycles. The fourth-order valence-electron chi connectivity index (χ4n) is 3.21. The smallest absolute Gasteiger partial charge is 0.304 e. The minimum atomic E-state index is -4.06. The molecule has 0 aliphatic rings. The molecule has 2 N–H and O–H groups in total. The molecule has 0 spiro atoms. The Morgan fingerprint density at radius 2 is 1.50 bits per heavy atom. The van der Waals surface area contributed by atoms with Gasteiger partial charge in [-0.1, -0.05) is 12.1 Å². The minimum Gasteiger partial charge on any atom is -0.325 e. The van der Waals surface area contributed by atoms with E-state index in [0.717, 1.165) is 31.9 Å². The number of nitrogens with zero attached hydrogens (tertiary/aromatic N) is 2. The van der Waals surface area contributed by atoms with Crippen molar-refractivity contribution in [2.75, 3.05) is 35.0 Å². The van der Waals surface area contributed by atoms with Crippen molar-refractivity contribution in [1.82, 2.24) is 4.31 Å². The summed E-state index contributed by atoms with van der Waals surface area (Å²) >= 11 is 0. The number of amides is 1. The molecule has 0 atom stereocenters. The molecule has 0 unspecified atom stereocenters. The zero-order chi connectivity index (χ0) is 26.7. The molecule has 3 aromatic carbocycles. The quantitative estimate of drug-likeness (QED) is 0.436. The summed E-state index contributed by atoms with van der Waals surface area (Å²) in [6.45, 7) is 3.07. The lowest BCUT2D eigenvalue weighted by Gasteiger charge is -2.26. The second-order valence-electron chi connectivity index (χ2n) is 8.27. The van der Waals surface area contributed by atoms with Crippen LogP contribution < -0.4 is 14.3 Å². The third-order valence-electron chi connectivity index (χ3n) is 5.23. The number of anilines is 3. The molecule has 3 aromatic rings. The van der Waals surface area contributed by atoms with Crippen molar-refractivity contribution in [2.24, 2.45) is 0 Å². The van der Waals surface area contributed by atoms with Gasteiger partial charge in [0.05, 0.1) is 16.3 Å². The van der Waals surface area contributed by atoms with Crippen LogP contribution in [0.2, 0.25) is 0 Å². The van der Waals surface area contributed by atoms with Crippen LogP contribution in [-0.4, -0.2) is 47.7 Å². The lowest BCUT2D eigenvalue weighted by molar-refractivity contribution is -0.114. The van der Waals surface area contributed by atoms with E-state index < -0.39 is 38.5 Å². The third-order valence-corrected chi connectivity index (χ3v) is 8.43. The molecule has 0 bridgehead atoms. The van der Waals surface area contributed by atoms with Crippen LogP contribution in [0.15, 0.2) is 71.6 Å². The maximum absolute atomic E-state index is 13.3. The number of halogens is 1. The number of rotatable bonds is 9. The molecular weight excluding hydrogens is 507 g/mol. The molecule has 0 fully saturated rings. The van der Waals surface area contributed by atoms with E-state index in [1.54, 1.807) is 13.0 Å². The zero-order valence-corrected chi connectivity index (χ0v) is 21.8. The number of benzene rings is 3. The molecule has 3 rings (SSSR count). The Hall–Kier alpha value is -3.48. The van der Waals surface area contributed by atoms with Crippen LogP contribution in [0.25, 0.3) is 0 Å². The summed E-state index contributed by atoms with van der Waals surface area (Å²) in [6, 6.07) is 15.6. The van der Waals surface area contributed by atoms with E-state index in [2.05, 4.69) is 10.0 Å². The van der Waals surface area contributed by atoms with Gasteiger partial charge in [0.15, 0.2) is 0 Å². The monoisotopic (exact) mass is 534 g/mol. The normalized spacial score (nSPS) is 11.8. The Bertz CT molecular complexity index is 1460. The number of carbonyl (C=O) groups excluding carboxylic acids is 1. The predicted molar refractivity (Wildman–Crippen MR) is 138 cm³/mol. The standard InChI is InChI=1S/C24H27FN4O5S2/c1-17-5-6-18(2)23(15-17)27-35(31,32)22-13-9-20(10-14-22)26-24(30)16-29(36(33,34)28(3)4)21-11-7-19(25)8-12-21/h5-15,27H,16H2,1-4H3,(H,26,30). The summed E-state index contributed by atoms with van der Waals surface area (Å²) in [5, 5.41) is 2.56. The first kappa shape index (κ1) is 27.1. The fourth-order valence-corrected chi connectivity index (χ4v) is 5.39. The first-order valence-corrected chi connectivity index (χ1v) is 13.6. The van der Waals surface area contributed by atoms with Gasteiger partial charge in [0.25, 0.3) is 10.0 Å². The number of carbonyl (C=O) groups is 1. The molecule has 1 amide bonds. The van der Waals surface area contributed by atoms with Gasteiger partial charge in [-0.2, -0.15) is 12.7 Å². The van der Waals surface area contributed by atoms with Gasteiger partial charge < -0.3 is 5.32 Å². The minimum absolute atomic E-state index is 0.00970. The molecule has 0 aliphatic heterocycles. The summed E-state index contributed by atoms with van der Waals surface area (Å²) < 4.78 is 68.8. The van der Waals surface area contributed by atoms with Crippen LogP contribution in [0.3, 0.4) is 0 Å². The maximum Gasteiger partial charge on any atom is 0.304 e. The van der Waals surface area contributed by atoms with Gasteiger partial charge in [0, 0.05) is 19.8 Å². The number of sulfonamides is 1. The Labute approximate surface area is 210 Å². The van der Waals surface area contributed by atoms with Crippen LogP contribution in [0, 0.1) is 19.7 Å². The highest BCUT2D eigenvalue weighted by molar-refractivity contribution is 7.92. The Kier molecular flexibility index (Phi) is 8.02. The molecule has 9 nitrogen and oxygen atoms in total. The van der Waals surface area contributed by atoms with Crippen molar-refractivity contribution < 1.29 is 26.0 Å². The summed E-state index contributed by atoms with van der Waals surface area (Å²) in [5.74, 6) is -1.22. The van der Waals surface area contributed by atoms with Crippen molar-refractivity contribution in [2.45, 2.75) is 18.7 Å². The van der Waals surface area contributed by atoms with Gasteiger partial charge >= 0.3 is 10.2 Å². The molecule has 0 heterocycles. The van der Waals surface area contributed by atoms with Gasteiger partial charge in [-0.3, -0.25) is 9.52 Å². The number of nitrogens with one attached hydrogen (secondary N) is 2. The lowest BCUT2D eigenvalue weighted by Crippen LogP contribution is -2.44. The Morgan fingerprint density at radius 1 is 0.889 bits per heavy atom. The largest absolute Gasteiger partial charge is 0.325 e. The lowest BCUT2D eigenvalue weighted by atomic mass is 10.1. The van der Waals surface area contributed by atoms with E-state index >= 15 is 0 Å². The number of hydrogen-bond donors (Lipinski definition) is 2. The van der Waals surface area contributed by atoms with Crippen LogP contribution in [0.1, 0.15) is 11.1 Å². The van der Waals surface area contributed by atoms with E-state index in [0.29, 0.717) is 5.69 Å². The maximum atomic E-state index is 13.3. The van der Waals surface area contributed by atoms with Crippen molar-refractivity contribution >= 4 is 43.2 Å². The third kappa shape index (κ3) is 6.39. The summed E-state index contributed by atoms with van der Waals surface area (Å²) in [7, 11) is -5.30.